The van der Waals surface area contributed by atoms with E-state index in [9.17, 15) is 0 Å². The molecule has 0 unspecified atom stereocenters. The lowest BCUT2D eigenvalue weighted by molar-refractivity contribution is 0.349. The first-order chi connectivity index (χ1) is 9.36. The third-order valence-electron chi connectivity index (χ3n) is 3.75. The molecule has 3 nitrogen and oxygen atoms in total. The SMILES string of the molecule is COc1ccccc1C1CC(Nc2cccnc2)C1. The van der Waals surface area contributed by atoms with Gasteiger partial charge in [-0.15, -0.1) is 0 Å². The van der Waals surface area contributed by atoms with E-state index < -0.39 is 0 Å². The summed E-state index contributed by atoms with van der Waals surface area (Å²) in [5.74, 6) is 1.61. The maximum Gasteiger partial charge on any atom is 0.122 e. The van der Waals surface area contributed by atoms with Gasteiger partial charge in [0, 0.05) is 18.4 Å². The number of methoxy groups -OCH3 is 1. The molecule has 1 fully saturated rings. The molecule has 19 heavy (non-hydrogen) atoms. The summed E-state index contributed by atoms with van der Waals surface area (Å²) >= 11 is 0. The van der Waals surface area contributed by atoms with E-state index in [0.29, 0.717) is 12.0 Å². The summed E-state index contributed by atoms with van der Waals surface area (Å²) in [7, 11) is 1.74. The fraction of sp³-hybridized carbons (Fsp3) is 0.312. The Labute approximate surface area is 113 Å². The van der Waals surface area contributed by atoms with Crippen LogP contribution in [0.5, 0.6) is 5.75 Å². The third kappa shape index (κ3) is 2.55. The van der Waals surface area contributed by atoms with Gasteiger partial charge in [0.15, 0.2) is 0 Å². The zero-order valence-corrected chi connectivity index (χ0v) is 11.0. The van der Waals surface area contributed by atoms with Gasteiger partial charge in [-0.25, -0.2) is 0 Å². The summed E-state index contributed by atoms with van der Waals surface area (Å²) in [6.45, 7) is 0. The molecule has 3 heteroatoms. The van der Waals surface area contributed by atoms with Crippen LogP contribution < -0.4 is 10.1 Å². The van der Waals surface area contributed by atoms with Crippen molar-refractivity contribution < 1.29 is 4.74 Å². The minimum Gasteiger partial charge on any atom is -0.496 e. The van der Waals surface area contributed by atoms with E-state index in [1.54, 1.807) is 13.3 Å². The van der Waals surface area contributed by atoms with Crippen molar-refractivity contribution in [1.29, 1.82) is 0 Å². The molecule has 1 aromatic carbocycles. The van der Waals surface area contributed by atoms with Gasteiger partial charge in [0.05, 0.1) is 12.8 Å². The maximum atomic E-state index is 5.43. The molecule has 0 saturated heterocycles. The van der Waals surface area contributed by atoms with Crippen LogP contribution in [0.3, 0.4) is 0 Å². The van der Waals surface area contributed by atoms with Crippen LogP contribution in [-0.4, -0.2) is 18.1 Å². The van der Waals surface area contributed by atoms with Gasteiger partial charge in [0.2, 0.25) is 0 Å². The molecule has 1 saturated carbocycles. The number of anilines is 1. The van der Waals surface area contributed by atoms with Crippen LogP contribution in [0, 0.1) is 0 Å². The Morgan fingerprint density at radius 1 is 1.16 bits per heavy atom. The highest BCUT2D eigenvalue weighted by molar-refractivity contribution is 5.44. The zero-order valence-electron chi connectivity index (χ0n) is 11.0. The van der Waals surface area contributed by atoms with Crippen LogP contribution in [-0.2, 0) is 0 Å². The first-order valence-electron chi connectivity index (χ1n) is 6.66. The highest BCUT2D eigenvalue weighted by atomic mass is 16.5. The lowest BCUT2D eigenvalue weighted by Crippen LogP contribution is -2.34. The Kier molecular flexibility index (Phi) is 3.36. The summed E-state index contributed by atoms with van der Waals surface area (Å²) in [5.41, 5.74) is 2.43. The normalized spacial score (nSPS) is 21.5. The summed E-state index contributed by atoms with van der Waals surface area (Å²) < 4.78 is 5.43. The zero-order chi connectivity index (χ0) is 13.1. The van der Waals surface area contributed by atoms with Gasteiger partial charge >= 0.3 is 0 Å². The Bertz CT molecular complexity index is 535. The number of ether oxygens (including phenoxy) is 1. The minimum absolute atomic E-state index is 0.541. The summed E-state index contributed by atoms with van der Waals surface area (Å²) in [4.78, 5) is 4.12. The number of pyridine rings is 1. The Morgan fingerprint density at radius 3 is 2.74 bits per heavy atom. The van der Waals surface area contributed by atoms with E-state index in [1.807, 2.05) is 24.4 Å². The van der Waals surface area contributed by atoms with Crippen molar-refractivity contribution in [3.05, 3.63) is 54.4 Å². The monoisotopic (exact) mass is 254 g/mol. The van der Waals surface area contributed by atoms with Gasteiger partial charge in [-0.3, -0.25) is 4.98 Å². The molecule has 0 spiro atoms. The lowest BCUT2D eigenvalue weighted by atomic mass is 9.75. The van der Waals surface area contributed by atoms with Gasteiger partial charge in [0.25, 0.3) is 0 Å². The van der Waals surface area contributed by atoms with E-state index in [2.05, 4.69) is 28.5 Å². The first kappa shape index (κ1) is 12.0. The van der Waals surface area contributed by atoms with Crippen molar-refractivity contribution in [1.82, 2.24) is 4.98 Å². The predicted octanol–water partition coefficient (Wildman–Crippen LogP) is 3.45. The average Bonchev–Trinajstić information content (AvgIpc) is 2.43. The molecule has 1 aromatic heterocycles. The van der Waals surface area contributed by atoms with Crippen molar-refractivity contribution >= 4 is 5.69 Å². The van der Waals surface area contributed by atoms with Crippen LogP contribution in [0.4, 0.5) is 5.69 Å². The van der Waals surface area contributed by atoms with E-state index in [4.69, 9.17) is 4.74 Å². The Morgan fingerprint density at radius 2 is 2.00 bits per heavy atom. The smallest absolute Gasteiger partial charge is 0.122 e. The predicted molar refractivity (Wildman–Crippen MR) is 76.6 cm³/mol. The molecular weight excluding hydrogens is 236 g/mol. The second-order valence-electron chi connectivity index (χ2n) is 4.99. The minimum atomic E-state index is 0.541. The van der Waals surface area contributed by atoms with E-state index in [-0.39, 0.29) is 0 Å². The number of nitrogens with one attached hydrogen (secondary N) is 1. The molecule has 1 N–H and O–H groups in total. The number of aromatic nitrogens is 1. The average molecular weight is 254 g/mol. The van der Waals surface area contributed by atoms with Gasteiger partial charge in [-0.05, 0) is 42.5 Å². The summed E-state index contributed by atoms with van der Waals surface area (Å²) in [5, 5.41) is 3.51. The van der Waals surface area contributed by atoms with Crippen LogP contribution >= 0.6 is 0 Å². The number of hydrogen-bond donors (Lipinski definition) is 1. The molecule has 0 bridgehead atoms. The molecule has 0 radical (unpaired) electrons. The molecule has 98 valence electrons. The second kappa shape index (κ2) is 5.31. The number of para-hydroxylation sites is 1. The summed E-state index contributed by atoms with van der Waals surface area (Å²) in [6, 6.07) is 12.9. The second-order valence-corrected chi connectivity index (χ2v) is 4.99. The van der Waals surface area contributed by atoms with Gasteiger partial charge < -0.3 is 10.1 Å². The Hall–Kier alpha value is -2.03. The van der Waals surface area contributed by atoms with Crippen molar-refractivity contribution in [3.63, 3.8) is 0 Å². The number of nitrogens with zero attached hydrogens (tertiary/aromatic N) is 1. The lowest BCUT2D eigenvalue weighted by Gasteiger charge is -2.37. The number of benzene rings is 1. The van der Waals surface area contributed by atoms with Crippen LogP contribution in [0.2, 0.25) is 0 Å². The van der Waals surface area contributed by atoms with Gasteiger partial charge in [-0.2, -0.15) is 0 Å². The topological polar surface area (TPSA) is 34.1 Å². The number of hydrogen-bond acceptors (Lipinski definition) is 3. The number of rotatable bonds is 4. The van der Waals surface area contributed by atoms with E-state index in [0.717, 1.165) is 24.3 Å². The van der Waals surface area contributed by atoms with E-state index in [1.165, 1.54) is 5.56 Å². The fourth-order valence-electron chi connectivity index (χ4n) is 2.68. The van der Waals surface area contributed by atoms with E-state index >= 15 is 0 Å². The molecule has 3 rings (SSSR count). The maximum absolute atomic E-state index is 5.43. The van der Waals surface area contributed by atoms with Crippen molar-refractivity contribution in [2.75, 3.05) is 12.4 Å². The van der Waals surface area contributed by atoms with Gasteiger partial charge in [-0.1, -0.05) is 18.2 Å². The third-order valence-corrected chi connectivity index (χ3v) is 3.75. The molecule has 1 aliphatic carbocycles. The van der Waals surface area contributed by atoms with Crippen molar-refractivity contribution in [2.24, 2.45) is 0 Å². The molecule has 0 aliphatic heterocycles. The molecular formula is C16H18N2O. The largest absolute Gasteiger partial charge is 0.496 e. The highest BCUT2D eigenvalue weighted by Gasteiger charge is 2.31. The van der Waals surface area contributed by atoms with Crippen LogP contribution in [0.25, 0.3) is 0 Å². The Balaban J connectivity index is 1.61. The first-order valence-corrected chi connectivity index (χ1v) is 6.66. The molecule has 0 atom stereocenters. The standard InChI is InChI=1S/C16H18N2O/c1-19-16-7-3-2-6-15(16)12-9-14(10-12)18-13-5-4-8-17-11-13/h2-8,11-12,14,18H,9-10H2,1H3. The molecule has 1 heterocycles. The fourth-order valence-corrected chi connectivity index (χ4v) is 2.68. The molecule has 1 aliphatic rings. The molecule has 2 aromatic rings. The highest BCUT2D eigenvalue weighted by Crippen LogP contribution is 2.41. The quantitative estimate of drug-likeness (QED) is 0.907. The van der Waals surface area contributed by atoms with Crippen LogP contribution in [0.1, 0.15) is 24.3 Å². The van der Waals surface area contributed by atoms with Gasteiger partial charge in [0.1, 0.15) is 5.75 Å². The van der Waals surface area contributed by atoms with Crippen molar-refractivity contribution in [3.8, 4) is 5.75 Å². The van der Waals surface area contributed by atoms with Crippen LogP contribution in [0.15, 0.2) is 48.8 Å². The molecule has 0 amide bonds. The van der Waals surface area contributed by atoms with Crippen molar-refractivity contribution in [2.45, 2.75) is 24.8 Å². The summed E-state index contributed by atoms with van der Waals surface area (Å²) in [6.07, 6.45) is 5.96.